The third-order valence-corrected chi connectivity index (χ3v) is 10.3. The van der Waals surface area contributed by atoms with Crippen LogP contribution in [0.3, 0.4) is 0 Å². The highest BCUT2D eigenvalue weighted by Crippen LogP contribution is 2.47. The van der Waals surface area contributed by atoms with Crippen molar-refractivity contribution in [3.05, 3.63) is 142 Å². The van der Waals surface area contributed by atoms with Crippen LogP contribution in [0.1, 0.15) is 39.6 Å². The van der Waals surface area contributed by atoms with Gasteiger partial charge >= 0.3 is 11.9 Å². The Hall–Kier alpha value is -6.94. The maximum absolute atomic E-state index is 13.0. The number of aliphatic hydroxyl groups is 1. The van der Waals surface area contributed by atoms with Crippen molar-refractivity contribution in [2.75, 3.05) is 46.8 Å². The largest absolute Gasteiger partial charge is 0.467 e. The summed E-state index contributed by atoms with van der Waals surface area (Å²) in [5.74, 6) is 0.141. The molecule has 0 aromatic heterocycles. The van der Waals surface area contributed by atoms with Gasteiger partial charge in [0.15, 0.2) is 40.2 Å². The van der Waals surface area contributed by atoms with Gasteiger partial charge < -0.3 is 44.0 Å². The van der Waals surface area contributed by atoms with Gasteiger partial charge in [-0.15, -0.1) is 11.6 Å². The van der Waals surface area contributed by atoms with Gasteiger partial charge in [-0.2, -0.15) is 0 Å². The third kappa shape index (κ3) is 8.91. The number of ether oxygens (including phenoxy) is 7. The lowest BCUT2D eigenvalue weighted by atomic mass is 9.98. The maximum atomic E-state index is 13.0. The Morgan fingerprint density at radius 1 is 0.839 bits per heavy atom. The van der Waals surface area contributed by atoms with Crippen LogP contribution in [0.15, 0.2) is 114 Å². The fraction of sp³-hybridized carbons (Fsp3) is 0.239. The fourth-order valence-corrected chi connectivity index (χ4v) is 7.32. The van der Waals surface area contributed by atoms with Crippen LogP contribution in [0, 0.1) is 0 Å². The molecule has 0 saturated carbocycles. The molecule has 0 fully saturated rings. The molecule has 5 aliphatic rings. The minimum absolute atomic E-state index is 0.0266. The van der Waals surface area contributed by atoms with Gasteiger partial charge in [-0.25, -0.2) is 9.59 Å². The lowest BCUT2D eigenvalue weighted by Crippen LogP contribution is -2.35. The highest BCUT2D eigenvalue weighted by atomic mass is 35.5. The minimum Gasteiger partial charge on any atom is -0.467 e. The smallest absolute Gasteiger partial charge is 0.358 e. The third-order valence-electron chi connectivity index (χ3n) is 10.1. The average molecular weight is 864 g/mol. The Balaban J connectivity index is 0.000000173. The molecule has 4 aromatic carbocycles. The Morgan fingerprint density at radius 3 is 2.11 bits per heavy atom. The average Bonchev–Trinajstić information content (AvgIpc) is 4.17. The molecule has 16 heteroatoms. The highest BCUT2D eigenvalue weighted by molar-refractivity contribution is 6.30. The molecule has 0 saturated heterocycles. The number of aliphatic imine (C=N–C) groups is 1. The molecule has 3 aliphatic heterocycles. The second-order valence-corrected chi connectivity index (χ2v) is 14.1. The number of aliphatic hydroxyl groups excluding tert-OH is 1. The first kappa shape index (κ1) is 43.2. The van der Waals surface area contributed by atoms with Crippen LogP contribution in [0.4, 0.5) is 0 Å². The number of esters is 2. The number of benzene rings is 4. The fourth-order valence-electron chi connectivity index (χ4n) is 7.19. The van der Waals surface area contributed by atoms with Crippen LogP contribution in [0.5, 0.6) is 23.0 Å². The molecule has 1 amide bonds. The molecule has 4 aromatic rings. The van der Waals surface area contributed by atoms with Crippen molar-refractivity contribution >= 4 is 52.6 Å². The van der Waals surface area contributed by atoms with E-state index in [1.54, 1.807) is 36.4 Å². The number of halogens is 1. The summed E-state index contributed by atoms with van der Waals surface area (Å²) in [7, 11) is 2.51. The number of ketones is 1. The number of amides is 1. The zero-order valence-corrected chi connectivity index (χ0v) is 34.5. The molecule has 2 atom stereocenters. The summed E-state index contributed by atoms with van der Waals surface area (Å²) >= 11 is 5.90. The molecule has 9 rings (SSSR count). The van der Waals surface area contributed by atoms with E-state index in [-0.39, 0.29) is 43.3 Å². The summed E-state index contributed by atoms with van der Waals surface area (Å²) in [4.78, 5) is 56.4. The predicted molar refractivity (Wildman–Crippen MR) is 226 cm³/mol. The van der Waals surface area contributed by atoms with Gasteiger partial charge in [0.05, 0.1) is 20.8 Å². The van der Waals surface area contributed by atoms with E-state index in [1.165, 1.54) is 25.3 Å². The number of allylic oxidation sites excluding steroid dienone is 3. The number of rotatable bonds is 10. The monoisotopic (exact) mass is 863 g/mol. The maximum Gasteiger partial charge on any atom is 0.358 e. The molecule has 62 heavy (non-hydrogen) atoms. The van der Waals surface area contributed by atoms with Gasteiger partial charge in [0.2, 0.25) is 31.8 Å². The highest BCUT2D eigenvalue weighted by Gasteiger charge is 2.45. The van der Waals surface area contributed by atoms with Crippen molar-refractivity contribution in [2.45, 2.75) is 25.1 Å². The lowest BCUT2D eigenvalue weighted by Gasteiger charge is -2.24. The molecule has 0 radical (unpaired) electrons. The van der Waals surface area contributed by atoms with Crippen LogP contribution >= 0.6 is 11.6 Å². The number of methoxy groups -OCH3 is 2. The number of nitrogens with two attached hydrogens (primary N) is 1. The second kappa shape index (κ2) is 19.6. The van der Waals surface area contributed by atoms with Crippen molar-refractivity contribution in [3.63, 3.8) is 0 Å². The molecular weight excluding hydrogens is 822 g/mol. The first-order valence-corrected chi connectivity index (χ1v) is 19.9. The topological polar surface area (TPSA) is 195 Å². The molecule has 2 unspecified atom stereocenters. The Morgan fingerprint density at radius 2 is 1.45 bits per heavy atom. The van der Waals surface area contributed by atoms with Crippen molar-refractivity contribution < 1.29 is 57.4 Å². The van der Waals surface area contributed by atoms with Gasteiger partial charge in [0.25, 0.3) is 0 Å². The van der Waals surface area contributed by atoms with Crippen molar-refractivity contribution in [2.24, 2.45) is 10.7 Å². The van der Waals surface area contributed by atoms with Crippen molar-refractivity contribution in [3.8, 4) is 23.0 Å². The number of hydrogen-bond donors (Lipinski definition) is 2. The molecule has 2 aliphatic carbocycles. The zero-order chi connectivity index (χ0) is 43.8. The Bertz CT molecular complexity index is 2510. The van der Waals surface area contributed by atoms with Gasteiger partial charge in [0.1, 0.15) is 5.88 Å². The quantitative estimate of drug-likeness (QED) is 0.0931. The van der Waals surface area contributed by atoms with Crippen molar-refractivity contribution in [1.29, 1.82) is 0 Å². The van der Waals surface area contributed by atoms with E-state index in [1.807, 2.05) is 60.7 Å². The summed E-state index contributed by atoms with van der Waals surface area (Å²) in [5.41, 5.74) is 11.3. The number of hydrogen-bond acceptors (Lipinski definition) is 14. The first-order valence-electron chi connectivity index (χ1n) is 19.4. The van der Waals surface area contributed by atoms with E-state index < -0.39 is 30.1 Å². The van der Waals surface area contributed by atoms with Gasteiger partial charge in [-0.3, -0.25) is 19.5 Å². The molecule has 3 N–H and O–H groups in total. The molecule has 320 valence electrons. The van der Waals surface area contributed by atoms with Gasteiger partial charge in [-0.1, -0.05) is 60.7 Å². The molecule has 3 heterocycles. The molecule has 0 spiro atoms. The standard InChI is InChI=1S/C23H18ClNO6.C21H17NO5.C2H7NO/c1-28-23(27)20-21(16-8-6-13-4-2-3-5-15(13)16)31-22(25(20)19(26)11-24)14-7-9-17-18(10-14)30-12-29-17;1-25-21(24)19(20(23)16-8-7-14-4-2-3-5-15(14)16)22-11-13-6-9-17-18(10-13)27-12-26-17;3-1-2-4/h2-5,7-10,22H,6,11-12H2,1H3;2-6,8-11,19H,7,12H2,1H3;4H,1-3H2. The summed E-state index contributed by atoms with van der Waals surface area (Å²) in [6.07, 6.45) is 5.75. The molecule has 0 bridgehead atoms. The van der Waals surface area contributed by atoms with Crippen LogP contribution in [-0.4, -0.2) is 92.7 Å². The summed E-state index contributed by atoms with van der Waals surface area (Å²) in [6, 6.07) is 24.8. The van der Waals surface area contributed by atoms with Crippen LogP contribution < -0.4 is 24.7 Å². The summed E-state index contributed by atoms with van der Waals surface area (Å²) in [6.45, 7) is 0.766. The predicted octanol–water partition coefficient (Wildman–Crippen LogP) is 5.06. The van der Waals surface area contributed by atoms with E-state index >= 15 is 0 Å². The number of alkyl halides is 1. The molecular formula is C46H42ClN3O12. The van der Waals surface area contributed by atoms with E-state index in [2.05, 4.69) is 4.99 Å². The van der Waals surface area contributed by atoms with E-state index in [9.17, 15) is 19.2 Å². The number of carbonyl (C=O) groups is 4. The second-order valence-electron chi connectivity index (χ2n) is 13.8. The lowest BCUT2D eigenvalue weighted by molar-refractivity contribution is -0.144. The normalized spacial score (nSPS) is 16.5. The van der Waals surface area contributed by atoms with Gasteiger partial charge in [0, 0.05) is 29.5 Å². The SMILES string of the molecule is COC(=O)C(N=Cc1ccc2c(c1)OCO2)C(=O)C1=CCc2ccccc21.COC(=O)C1=C(C2=CCc3ccccc32)OC(c2ccc3c(c2)OCO3)N1C(=O)CCl.NCCO. The van der Waals surface area contributed by atoms with Crippen LogP contribution in [-0.2, 0) is 46.2 Å². The Labute approximate surface area is 361 Å². The molecule has 15 nitrogen and oxygen atoms in total. The first-order chi connectivity index (χ1) is 30.2. The summed E-state index contributed by atoms with van der Waals surface area (Å²) < 4.78 is 37.5. The van der Waals surface area contributed by atoms with Crippen LogP contribution in [0.2, 0.25) is 0 Å². The van der Waals surface area contributed by atoms with Gasteiger partial charge in [-0.05, 0) is 77.1 Å². The van der Waals surface area contributed by atoms with E-state index in [0.717, 1.165) is 27.8 Å². The number of fused-ring (bicyclic) bond motifs is 4. The van der Waals surface area contributed by atoms with Crippen LogP contribution in [0.25, 0.3) is 11.1 Å². The van der Waals surface area contributed by atoms with E-state index in [4.69, 9.17) is 55.6 Å². The minimum atomic E-state index is -1.25. The van der Waals surface area contributed by atoms with Crippen molar-refractivity contribution in [1.82, 2.24) is 4.90 Å². The zero-order valence-electron chi connectivity index (χ0n) is 33.7. The number of Topliss-reactive ketones (excluding diaryl/α,β-unsaturated/α-hetero) is 1. The van der Waals surface area contributed by atoms with E-state index in [0.29, 0.717) is 59.1 Å². The number of carbonyl (C=O) groups excluding carboxylic acids is 4. The Kier molecular flexibility index (Phi) is 13.7. The summed E-state index contributed by atoms with van der Waals surface area (Å²) in [5, 5.41) is 7.75. The number of nitrogens with zero attached hydrogens (tertiary/aromatic N) is 2.